The average Bonchev–Trinajstić information content (AvgIpc) is 3.39. The lowest BCUT2D eigenvalue weighted by Crippen LogP contribution is -2.42. The summed E-state index contributed by atoms with van der Waals surface area (Å²) in [5.74, 6) is 0.493. The molecule has 1 aliphatic heterocycles. The molecule has 0 bridgehead atoms. The fraction of sp³-hybridized carbons (Fsp3) is 0.278. The summed E-state index contributed by atoms with van der Waals surface area (Å²) < 4.78 is 6.16. The summed E-state index contributed by atoms with van der Waals surface area (Å²) in [5, 5.41) is 5.28. The zero-order valence-corrected chi connectivity index (χ0v) is 15.7. The topological polar surface area (TPSA) is 71.5 Å². The number of nitrogens with one attached hydrogen (secondary N) is 1. The number of benzene rings is 1. The zero-order chi connectivity index (χ0) is 18.1. The molecule has 134 valence electrons. The van der Waals surface area contributed by atoms with Gasteiger partial charge in [-0.15, -0.1) is 11.3 Å². The molecule has 0 aliphatic carbocycles. The summed E-state index contributed by atoms with van der Waals surface area (Å²) >= 11 is 2.79. The molecule has 1 N–H and O–H groups in total. The van der Waals surface area contributed by atoms with Gasteiger partial charge in [-0.25, -0.2) is 4.98 Å². The van der Waals surface area contributed by atoms with Crippen molar-refractivity contribution in [3.05, 3.63) is 40.6 Å². The van der Waals surface area contributed by atoms with Crippen molar-refractivity contribution in [2.45, 2.75) is 18.9 Å². The van der Waals surface area contributed by atoms with Crippen LogP contribution in [-0.2, 0) is 4.79 Å². The van der Waals surface area contributed by atoms with Gasteiger partial charge in [-0.2, -0.15) is 0 Å². The number of methoxy groups -OCH3 is 1. The number of thiophene rings is 1. The highest BCUT2D eigenvalue weighted by atomic mass is 32.1. The molecule has 0 unspecified atom stereocenters. The number of fused-ring (bicyclic) bond motifs is 1. The molecule has 1 aromatic carbocycles. The van der Waals surface area contributed by atoms with Crippen molar-refractivity contribution in [1.29, 1.82) is 0 Å². The third-order valence-corrected chi connectivity index (χ3v) is 6.17. The van der Waals surface area contributed by atoms with Crippen molar-refractivity contribution in [2.75, 3.05) is 19.0 Å². The van der Waals surface area contributed by atoms with E-state index in [9.17, 15) is 9.59 Å². The number of amides is 2. The van der Waals surface area contributed by atoms with E-state index in [0.29, 0.717) is 23.0 Å². The summed E-state index contributed by atoms with van der Waals surface area (Å²) in [6, 6.07) is 8.78. The highest BCUT2D eigenvalue weighted by Gasteiger charge is 2.35. The van der Waals surface area contributed by atoms with E-state index in [1.54, 1.807) is 18.1 Å². The maximum Gasteiger partial charge on any atom is 0.264 e. The Morgan fingerprint density at radius 2 is 2.23 bits per heavy atom. The number of carbonyl (C=O) groups excluding carboxylic acids is 2. The lowest BCUT2D eigenvalue weighted by Gasteiger charge is -2.22. The van der Waals surface area contributed by atoms with E-state index < -0.39 is 6.04 Å². The second-order valence-corrected chi connectivity index (χ2v) is 7.95. The molecule has 1 saturated heterocycles. The van der Waals surface area contributed by atoms with Crippen LogP contribution in [0.25, 0.3) is 10.2 Å². The van der Waals surface area contributed by atoms with Gasteiger partial charge in [0.2, 0.25) is 5.91 Å². The Hall–Kier alpha value is -2.45. The molecule has 1 atom stereocenters. The standard InChI is InChI=1S/C18H17N3O3S2/c1-24-11-6-7-12-15(10-11)26-18(19-12)20-16(22)13-4-2-8-21(13)17(23)14-5-3-9-25-14/h3,5-7,9-10,13H,2,4,8H2,1H3,(H,19,20,22)/t13-/m1/s1. The van der Waals surface area contributed by atoms with E-state index in [-0.39, 0.29) is 11.8 Å². The second-order valence-electron chi connectivity index (χ2n) is 5.98. The predicted octanol–water partition coefficient (Wildman–Crippen LogP) is 3.61. The van der Waals surface area contributed by atoms with E-state index >= 15 is 0 Å². The van der Waals surface area contributed by atoms with Crippen LogP contribution in [0.4, 0.5) is 5.13 Å². The molecule has 1 aliphatic rings. The van der Waals surface area contributed by atoms with Gasteiger partial charge in [0.05, 0.1) is 22.2 Å². The quantitative estimate of drug-likeness (QED) is 0.742. The molecular weight excluding hydrogens is 370 g/mol. The first-order valence-electron chi connectivity index (χ1n) is 8.25. The van der Waals surface area contributed by atoms with Gasteiger partial charge in [0.15, 0.2) is 5.13 Å². The molecule has 2 aromatic heterocycles. The largest absolute Gasteiger partial charge is 0.497 e. The van der Waals surface area contributed by atoms with Crippen molar-refractivity contribution in [2.24, 2.45) is 0 Å². The van der Waals surface area contributed by atoms with Crippen LogP contribution in [0.5, 0.6) is 5.75 Å². The Kier molecular flexibility index (Phi) is 4.60. The number of nitrogens with zero attached hydrogens (tertiary/aromatic N) is 2. The van der Waals surface area contributed by atoms with Gasteiger partial charge < -0.3 is 15.0 Å². The Morgan fingerprint density at radius 1 is 1.35 bits per heavy atom. The van der Waals surface area contributed by atoms with Gasteiger partial charge in [0.25, 0.3) is 5.91 Å². The van der Waals surface area contributed by atoms with E-state index in [4.69, 9.17) is 4.74 Å². The first kappa shape index (κ1) is 17.0. The molecule has 3 heterocycles. The van der Waals surface area contributed by atoms with Crippen molar-refractivity contribution >= 4 is 49.8 Å². The van der Waals surface area contributed by atoms with Crippen LogP contribution in [0, 0.1) is 0 Å². The van der Waals surface area contributed by atoms with Crippen molar-refractivity contribution in [1.82, 2.24) is 9.88 Å². The minimum atomic E-state index is -0.453. The number of hydrogen-bond donors (Lipinski definition) is 1. The van der Waals surface area contributed by atoms with E-state index in [1.165, 1.54) is 22.7 Å². The highest BCUT2D eigenvalue weighted by Crippen LogP contribution is 2.30. The number of rotatable bonds is 4. The van der Waals surface area contributed by atoms with E-state index in [1.807, 2.05) is 29.6 Å². The third-order valence-electron chi connectivity index (χ3n) is 4.37. The number of aromatic nitrogens is 1. The van der Waals surface area contributed by atoms with Crippen LogP contribution >= 0.6 is 22.7 Å². The molecule has 0 spiro atoms. The molecule has 0 radical (unpaired) electrons. The summed E-state index contributed by atoms with van der Waals surface area (Å²) in [4.78, 5) is 32.1. The van der Waals surface area contributed by atoms with Gasteiger partial charge in [-0.3, -0.25) is 9.59 Å². The molecular formula is C18H17N3O3S2. The van der Waals surface area contributed by atoms with Crippen molar-refractivity contribution in [3.8, 4) is 5.75 Å². The molecule has 26 heavy (non-hydrogen) atoms. The van der Waals surface area contributed by atoms with Crippen LogP contribution in [0.2, 0.25) is 0 Å². The summed E-state index contributed by atoms with van der Waals surface area (Å²) in [5.41, 5.74) is 0.809. The monoisotopic (exact) mass is 387 g/mol. The molecule has 0 saturated carbocycles. The van der Waals surface area contributed by atoms with Gasteiger partial charge in [0.1, 0.15) is 11.8 Å². The first-order valence-corrected chi connectivity index (χ1v) is 9.95. The Bertz CT molecular complexity index is 952. The molecule has 4 rings (SSSR count). The van der Waals surface area contributed by atoms with Crippen LogP contribution in [0.3, 0.4) is 0 Å². The van der Waals surface area contributed by atoms with Crippen LogP contribution in [-0.4, -0.2) is 41.4 Å². The summed E-state index contributed by atoms with van der Waals surface area (Å²) in [6.45, 7) is 0.603. The molecule has 8 heteroatoms. The maximum atomic E-state index is 12.7. The average molecular weight is 387 g/mol. The molecule has 6 nitrogen and oxygen atoms in total. The summed E-state index contributed by atoms with van der Waals surface area (Å²) in [6.07, 6.45) is 1.49. The third kappa shape index (κ3) is 3.17. The lowest BCUT2D eigenvalue weighted by atomic mass is 10.2. The van der Waals surface area contributed by atoms with E-state index in [0.717, 1.165) is 22.4 Å². The lowest BCUT2D eigenvalue weighted by molar-refractivity contribution is -0.119. The molecule has 3 aromatic rings. The van der Waals surface area contributed by atoms with Crippen molar-refractivity contribution < 1.29 is 14.3 Å². The van der Waals surface area contributed by atoms with Gasteiger partial charge in [-0.1, -0.05) is 17.4 Å². The minimum absolute atomic E-state index is 0.0771. The number of thiazole rings is 1. The predicted molar refractivity (Wildman–Crippen MR) is 103 cm³/mol. The Labute approximate surface area is 158 Å². The van der Waals surface area contributed by atoms with Crippen molar-refractivity contribution in [3.63, 3.8) is 0 Å². The molecule has 1 fully saturated rings. The number of ether oxygens (including phenoxy) is 1. The normalized spacial score (nSPS) is 16.8. The Morgan fingerprint density at radius 3 is 3.00 bits per heavy atom. The maximum absolute atomic E-state index is 12.7. The number of carbonyl (C=O) groups is 2. The highest BCUT2D eigenvalue weighted by molar-refractivity contribution is 7.22. The second kappa shape index (κ2) is 7.05. The number of hydrogen-bond acceptors (Lipinski definition) is 6. The Balaban J connectivity index is 1.51. The number of anilines is 1. The van der Waals surface area contributed by atoms with Gasteiger partial charge >= 0.3 is 0 Å². The summed E-state index contributed by atoms with van der Waals surface area (Å²) in [7, 11) is 1.62. The van der Waals surface area contributed by atoms with E-state index in [2.05, 4.69) is 10.3 Å². The zero-order valence-electron chi connectivity index (χ0n) is 14.1. The van der Waals surface area contributed by atoms with Crippen LogP contribution < -0.4 is 10.1 Å². The minimum Gasteiger partial charge on any atom is -0.497 e. The van der Waals surface area contributed by atoms with Gasteiger partial charge in [0, 0.05) is 6.54 Å². The fourth-order valence-electron chi connectivity index (χ4n) is 3.10. The van der Waals surface area contributed by atoms with Crippen LogP contribution in [0.1, 0.15) is 22.5 Å². The van der Waals surface area contributed by atoms with Gasteiger partial charge in [-0.05, 0) is 42.5 Å². The smallest absolute Gasteiger partial charge is 0.264 e. The molecule has 2 amide bonds. The first-order chi connectivity index (χ1) is 12.7. The SMILES string of the molecule is COc1ccc2nc(NC(=O)[C@H]3CCCN3C(=O)c3cccs3)sc2c1. The fourth-order valence-corrected chi connectivity index (χ4v) is 4.67. The van der Waals surface area contributed by atoms with Crippen LogP contribution in [0.15, 0.2) is 35.7 Å². The number of likely N-dealkylation sites (tertiary alicyclic amines) is 1.